The maximum Gasteiger partial charge on any atom is 0.254 e. The van der Waals surface area contributed by atoms with E-state index >= 15 is 0 Å². The molecule has 20 heavy (non-hydrogen) atoms. The molecule has 1 aliphatic rings. The number of carbonyl (C=O) groups excluding carboxylic acids is 2. The molecule has 1 unspecified atom stereocenters. The number of hydrogen-bond acceptors (Lipinski definition) is 4. The van der Waals surface area contributed by atoms with Gasteiger partial charge in [-0.25, -0.2) is 0 Å². The predicted octanol–water partition coefficient (Wildman–Crippen LogP) is 0.880. The first-order chi connectivity index (χ1) is 9.56. The summed E-state index contributed by atoms with van der Waals surface area (Å²) in [6.07, 6.45) is -0.479. The second-order valence-corrected chi connectivity index (χ2v) is 4.76. The van der Waals surface area contributed by atoms with Crippen LogP contribution in [-0.2, 0) is 14.3 Å². The molecule has 1 heterocycles. The van der Waals surface area contributed by atoms with Crippen LogP contribution in [0.5, 0.6) is 0 Å². The van der Waals surface area contributed by atoms with Gasteiger partial charge in [0.1, 0.15) is 6.10 Å². The van der Waals surface area contributed by atoms with E-state index in [0.717, 1.165) is 12.1 Å². The van der Waals surface area contributed by atoms with Crippen molar-refractivity contribution < 1.29 is 14.3 Å². The van der Waals surface area contributed by atoms with Crippen molar-refractivity contribution in [2.24, 2.45) is 0 Å². The van der Waals surface area contributed by atoms with E-state index in [4.69, 9.17) is 4.74 Å². The second kappa shape index (κ2) is 6.49. The van der Waals surface area contributed by atoms with Crippen LogP contribution in [0.3, 0.4) is 0 Å². The van der Waals surface area contributed by atoms with E-state index in [2.05, 4.69) is 16.0 Å². The molecule has 0 radical (unpaired) electrons. The van der Waals surface area contributed by atoms with Crippen molar-refractivity contribution in [2.75, 3.05) is 30.3 Å². The van der Waals surface area contributed by atoms with Crippen molar-refractivity contribution in [3.63, 3.8) is 0 Å². The number of benzene rings is 1. The Bertz CT molecular complexity index is 510. The van der Waals surface area contributed by atoms with Crippen molar-refractivity contribution in [1.82, 2.24) is 5.32 Å². The average molecular weight is 277 g/mol. The molecule has 0 aromatic heterocycles. The van der Waals surface area contributed by atoms with Gasteiger partial charge in [-0.3, -0.25) is 9.59 Å². The summed E-state index contributed by atoms with van der Waals surface area (Å²) in [7, 11) is 0. The van der Waals surface area contributed by atoms with Crippen LogP contribution in [-0.4, -0.2) is 37.6 Å². The van der Waals surface area contributed by atoms with Crippen LogP contribution in [0.15, 0.2) is 18.2 Å². The molecule has 1 aromatic rings. The van der Waals surface area contributed by atoms with Crippen molar-refractivity contribution in [2.45, 2.75) is 20.0 Å². The Kier molecular flexibility index (Phi) is 4.70. The number of anilines is 2. The third-order valence-electron chi connectivity index (χ3n) is 3.04. The first-order valence-electron chi connectivity index (χ1n) is 6.57. The zero-order valence-electron chi connectivity index (χ0n) is 11.7. The minimum absolute atomic E-state index is 0.147. The molecule has 6 heteroatoms. The number of rotatable bonds is 3. The van der Waals surface area contributed by atoms with Gasteiger partial charge in [-0.05, 0) is 24.6 Å². The standard InChI is InChI=1S/C14H19N3O3/c1-9-3-4-11(16-10(2)18)7-12(9)17-14(19)13-8-15-5-6-20-13/h3-4,7,13,15H,5-6,8H2,1-2H3,(H,16,18)(H,17,19). The van der Waals surface area contributed by atoms with Crippen LogP contribution in [0.1, 0.15) is 12.5 Å². The van der Waals surface area contributed by atoms with E-state index in [0.29, 0.717) is 24.5 Å². The molecule has 0 spiro atoms. The fourth-order valence-corrected chi connectivity index (χ4v) is 1.98. The number of ether oxygens (including phenoxy) is 1. The molecule has 1 aromatic carbocycles. The third kappa shape index (κ3) is 3.79. The number of morpholine rings is 1. The Morgan fingerprint density at radius 3 is 2.80 bits per heavy atom. The highest BCUT2D eigenvalue weighted by Crippen LogP contribution is 2.20. The molecule has 1 aliphatic heterocycles. The second-order valence-electron chi connectivity index (χ2n) is 4.76. The minimum atomic E-state index is -0.479. The zero-order valence-corrected chi connectivity index (χ0v) is 11.7. The van der Waals surface area contributed by atoms with Crippen LogP contribution in [0.2, 0.25) is 0 Å². The average Bonchev–Trinajstić information content (AvgIpc) is 2.43. The highest BCUT2D eigenvalue weighted by Gasteiger charge is 2.22. The van der Waals surface area contributed by atoms with E-state index in [-0.39, 0.29) is 11.8 Å². The molecule has 1 atom stereocenters. The summed E-state index contributed by atoms with van der Waals surface area (Å²) >= 11 is 0. The summed E-state index contributed by atoms with van der Waals surface area (Å²) in [5, 5.41) is 8.64. The van der Waals surface area contributed by atoms with Crippen LogP contribution >= 0.6 is 0 Å². The highest BCUT2D eigenvalue weighted by atomic mass is 16.5. The van der Waals surface area contributed by atoms with Gasteiger partial charge >= 0.3 is 0 Å². The Morgan fingerprint density at radius 2 is 2.15 bits per heavy atom. The maximum absolute atomic E-state index is 12.1. The smallest absolute Gasteiger partial charge is 0.254 e. The fourth-order valence-electron chi connectivity index (χ4n) is 1.98. The van der Waals surface area contributed by atoms with E-state index < -0.39 is 6.10 Å². The summed E-state index contributed by atoms with van der Waals surface area (Å²) in [4.78, 5) is 23.1. The largest absolute Gasteiger partial charge is 0.366 e. The normalized spacial score (nSPS) is 18.4. The van der Waals surface area contributed by atoms with Gasteiger partial charge in [0.15, 0.2) is 0 Å². The monoisotopic (exact) mass is 277 g/mol. The van der Waals surface area contributed by atoms with Crippen LogP contribution < -0.4 is 16.0 Å². The Hall–Kier alpha value is -1.92. The maximum atomic E-state index is 12.1. The first-order valence-corrected chi connectivity index (χ1v) is 6.57. The van der Waals surface area contributed by atoms with Gasteiger partial charge in [0.05, 0.1) is 6.61 Å². The lowest BCUT2D eigenvalue weighted by Gasteiger charge is -2.23. The van der Waals surface area contributed by atoms with Crippen molar-refractivity contribution in [1.29, 1.82) is 0 Å². The number of nitrogens with one attached hydrogen (secondary N) is 3. The van der Waals surface area contributed by atoms with Gasteiger partial charge in [-0.1, -0.05) is 6.07 Å². The van der Waals surface area contributed by atoms with E-state index in [1.165, 1.54) is 6.92 Å². The summed E-state index contributed by atoms with van der Waals surface area (Å²) in [6.45, 7) is 5.15. The lowest BCUT2D eigenvalue weighted by molar-refractivity contribution is -0.128. The molecule has 1 fully saturated rings. The fraction of sp³-hybridized carbons (Fsp3) is 0.429. The van der Waals surface area contributed by atoms with Gasteiger partial charge in [0, 0.05) is 31.4 Å². The van der Waals surface area contributed by atoms with Crippen molar-refractivity contribution >= 4 is 23.2 Å². The van der Waals surface area contributed by atoms with Gasteiger partial charge < -0.3 is 20.7 Å². The number of amides is 2. The van der Waals surface area contributed by atoms with Gasteiger partial charge in [0.2, 0.25) is 5.91 Å². The Balaban J connectivity index is 2.07. The third-order valence-corrected chi connectivity index (χ3v) is 3.04. The Morgan fingerprint density at radius 1 is 1.35 bits per heavy atom. The highest BCUT2D eigenvalue weighted by molar-refractivity contribution is 5.96. The van der Waals surface area contributed by atoms with E-state index in [1.54, 1.807) is 12.1 Å². The summed E-state index contributed by atoms with van der Waals surface area (Å²) < 4.78 is 5.40. The van der Waals surface area contributed by atoms with E-state index in [9.17, 15) is 9.59 Å². The predicted molar refractivity (Wildman–Crippen MR) is 76.7 cm³/mol. The molecule has 2 amide bonds. The molecule has 0 saturated carbocycles. The van der Waals surface area contributed by atoms with Gasteiger partial charge in [-0.2, -0.15) is 0 Å². The lowest BCUT2D eigenvalue weighted by Crippen LogP contribution is -2.45. The Labute approximate surface area is 117 Å². The number of hydrogen-bond donors (Lipinski definition) is 3. The lowest BCUT2D eigenvalue weighted by atomic mass is 10.1. The molecule has 2 rings (SSSR count). The number of carbonyl (C=O) groups is 2. The zero-order chi connectivity index (χ0) is 14.5. The first kappa shape index (κ1) is 14.5. The van der Waals surface area contributed by atoms with Crippen LogP contribution in [0, 0.1) is 6.92 Å². The molecule has 0 aliphatic carbocycles. The van der Waals surface area contributed by atoms with Crippen molar-refractivity contribution in [3.05, 3.63) is 23.8 Å². The van der Waals surface area contributed by atoms with Gasteiger partial charge in [0.25, 0.3) is 5.91 Å². The topological polar surface area (TPSA) is 79.5 Å². The SMILES string of the molecule is CC(=O)Nc1ccc(C)c(NC(=O)C2CNCCO2)c1. The van der Waals surface area contributed by atoms with E-state index in [1.807, 2.05) is 13.0 Å². The van der Waals surface area contributed by atoms with Gasteiger partial charge in [-0.15, -0.1) is 0 Å². The minimum Gasteiger partial charge on any atom is -0.366 e. The van der Waals surface area contributed by atoms with Crippen LogP contribution in [0.25, 0.3) is 0 Å². The quantitative estimate of drug-likeness (QED) is 0.766. The molecular formula is C14H19N3O3. The summed E-state index contributed by atoms with van der Waals surface area (Å²) in [5.41, 5.74) is 2.26. The molecule has 108 valence electrons. The molecule has 1 saturated heterocycles. The van der Waals surface area contributed by atoms with Crippen molar-refractivity contribution in [3.8, 4) is 0 Å². The van der Waals surface area contributed by atoms with Crippen LogP contribution in [0.4, 0.5) is 11.4 Å². The molecule has 3 N–H and O–H groups in total. The molecule has 0 bridgehead atoms. The summed E-state index contributed by atoms with van der Waals surface area (Å²) in [6, 6.07) is 5.39. The summed E-state index contributed by atoms with van der Waals surface area (Å²) in [5.74, 6) is -0.328. The molecular weight excluding hydrogens is 258 g/mol. The number of aryl methyl sites for hydroxylation is 1. The molecule has 6 nitrogen and oxygen atoms in total.